The first-order chi connectivity index (χ1) is 14.2. The second-order valence-electron chi connectivity index (χ2n) is 6.12. The van der Waals surface area contributed by atoms with Gasteiger partial charge in [0.1, 0.15) is 17.1 Å². The number of primary amides is 1. The van der Waals surface area contributed by atoms with Crippen molar-refractivity contribution in [3.05, 3.63) is 74.2 Å². The number of amides is 2. The summed E-state index contributed by atoms with van der Waals surface area (Å²) in [5.41, 5.74) is 11.2. The number of halogens is 4. The number of H-pyrrole nitrogens is 1. The standard InChI is InChI=1S/C19H14Cl3FN4O3/c20-9-3-10(24)5-11(4-9)30-17-12(21)2-1-8(15(17)23)7-26-19(29)16-13(22)6-14(27-16)18(25)28/h1-6,27H,7,24H2,(H2,25,28)(H,26,29). The third kappa shape index (κ3) is 4.79. The van der Waals surface area contributed by atoms with Crippen LogP contribution in [-0.2, 0) is 6.54 Å². The van der Waals surface area contributed by atoms with Gasteiger partial charge in [0, 0.05) is 28.9 Å². The highest BCUT2D eigenvalue weighted by Gasteiger charge is 2.19. The molecule has 30 heavy (non-hydrogen) atoms. The van der Waals surface area contributed by atoms with Crippen LogP contribution in [0.15, 0.2) is 36.4 Å². The van der Waals surface area contributed by atoms with E-state index in [2.05, 4.69) is 10.3 Å². The second-order valence-corrected chi connectivity index (χ2v) is 7.38. The van der Waals surface area contributed by atoms with Crippen molar-refractivity contribution >= 4 is 52.3 Å². The van der Waals surface area contributed by atoms with Gasteiger partial charge < -0.3 is 26.5 Å². The molecule has 0 aliphatic rings. The number of ether oxygens (including phenoxy) is 1. The lowest BCUT2D eigenvalue weighted by atomic mass is 10.2. The fourth-order valence-electron chi connectivity index (χ4n) is 2.56. The van der Waals surface area contributed by atoms with Gasteiger partial charge in [-0.15, -0.1) is 0 Å². The number of rotatable bonds is 6. The van der Waals surface area contributed by atoms with Crippen LogP contribution < -0.4 is 21.5 Å². The summed E-state index contributed by atoms with van der Waals surface area (Å²) in [7, 11) is 0. The minimum absolute atomic E-state index is 0.000412. The Kier molecular flexibility index (Phi) is 6.40. The van der Waals surface area contributed by atoms with Crippen molar-refractivity contribution in [3.8, 4) is 11.5 Å². The van der Waals surface area contributed by atoms with Crippen LogP contribution in [0.1, 0.15) is 26.5 Å². The molecule has 3 rings (SSSR count). The number of carbonyl (C=O) groups excluding carboxylic acids is 2. The van der Waals surface area contributed by atoms with Gasteiger partial charge in [0.2, 0.25) is 0 Å². The number of aromatic amines is 1. The van der Waals surface area contributed by atoms with Crippen LogP contribution in [0.4, 0.5) is 10.1 Å². The summed E-state index contributed by atoms with van der Waals surface area (Å²) in [6.07, 6.45) is 0. The van der Waals surface area contributed by atoms with Crippen molar-refractivity contribution in [1.82, 2.24) is 10.3 Å². The lowest BCUT2D eigenvalue weighted by Gasteiger charge is -2.13. The molecule has 0 bridgehead atoms. The van der Waals surface area contributed by atoms with Crippen molar-refractivity contribution in [2.24, 2.45) is 5.73 Å². The van der Waals surface area contributed by atoms with Gasteiger partial charge in [0.05, 0.1) is 10.0 Å². The van der Waals surface area contributed by atoms with Crippen molar-refractivity contribution in [1.29, 1.82) is 0 Å². The van der Waals surface area contributed by atoms with Gasteiger partial charge in [0.25, 0.3) is 11.8 Å². The molecule has 0 fully saturated rings. The number of nitrogens with one attached hydrogen (secondary N) is 2. The maximum atomic E-state index is 14.9. The molecule has 0 aliphatic heterocycles. The Morgan fingerprint density at radius 3 is 2.47 bits per heavy atom. The van der Waals surface area contributed by atoms with E-state index in [1.54, 1.807) is 0 Å². The van der Waals surface area contributed by atoms with Crippen molar-refractivity contribution in [3.63, 3.8) is 0 Å². The largest absolute Gasteiger partial charge is 0.453 e. The number of aromatic nitrogens is 1. The minimum atomic E-state index is -0.781. The Morgan fingerprint density at radius 1 is 1.10 bits per heavy atom. The zero-order valence-electron chi connectivity index (χ0n) is 15.1. The van der Waals surface area contributed by atoms with Crippen molar-refractivity contribution < 1.29 is 18.7 Å². The van der Waals surface area contributed by atoms with Crippen LogP contribution in [0.5, 0.6) is 11.5 Å². The Morgan fingerprint density at radius 2 is 1.83 bits per heavy atom. The Hall–Kier alpha value is -2.94. The van der Waals surface area contributed by atoms with E-state index >= 15 is 0 Å². The molecule has 0 unspecified atom stereocenters. The van der Waals surface area contributed by atoms with Gasteiger partial charge in [-0.25, -0.2) is 4.39 Å². The van der Waals surface area contributed by atoms with Crippen LogP contribution in [0.3, 0.4) is 0 Å². The van der Waals surface area contributed by atoms with Crippen LogP contribution >= 0.6 is 34.8 Å². The highest BCUT2D eigenvalue weighted by Crippen LogP contribution is 2.35. The number of hydrogen-bond acceptors (Lipinski definition) is 4. The monoisotopic (exact) mass is 470 g/mol. The van der Waals surface area contributed by atoms with E-state index in [1.807, 2.05) is 0 Å². The molecule has 2 aromatic carbocycles. The Bertz CT molecular complexity index is 1130. The average molecular weight is 472 g/mol. The Labute approximate surface area is 185 Å². The van der Waals surface area contributed by atoms with Gasteiger partial charge in [-0.3, -0.25) is 9.59 Å². The SMILES string of the molecule is NC(=O)c1cc(Cl)c(C(=O)NCc2ccc(Cl)c(Oc3cc(N)cc(Cl)c3)c2F)[nH]1. The van der Waals surface area contributed by atoms with E-state index in [4.69, 9.17) is 51.0 Å². The first-order valence-corrected chi connectivity index (χ1v) is 9.46. The summed E-state index contributed by atoms with van der Waals surface area (Å²) in [6.45, 7) is -0.211. The molecule has 6 N–H and O–H groups in total. The van der Waals surface area contributed by atoms with E-state index in [0.717, 1.165) is 0 Å². The minimum Gasteiger partial charge on any atom is -0.453 e. The van der Waals surface area contributed by atoms with E-state index in [9.17, 15) is 14.0 Å². The van der Waals surface area contributed by atoms with E-state index in [-0.39, 0.29) is 45.0 Å². The summed E-state index contributed by atoms with van der Waals surface area (Å²) in [5.74, 6) is -2.27. The van der Waals surface area contributed by atoms with Crippen LogP contribution in [-0.4, -0.2) is 16.8 Å². The summed E-state index contributed by atoms with van der Waals surface area (Å²) in [6, 6.07) is 8.45. The lowest BCUT2D eigenvalue weighted by molar-refractivity contribution is 0.0946. The highest BCUT2D eigenvalue weighted by molar-refractivity contribution is 6.34. The fourth-order valence-corrected chi connectivity index (χ4v) is 3.22. The number of benzene rings is 2. The fraction of sp³-hybridized carbons (Fsp3) is 0.0526. The average Bonchev–Trinajstić information content (AvgIpc) is 3.05. The molecule has 11 heteroatoms. The molecular weight excluding hydrogens is 458 g/mol. The number of carbonyl (C=O) groups is 2. The molecule has 0 saturated heterocycles. The number of nitrogen functional groups attached to an aromatic ring is 1. The quantitative estimate of drug-likeness (QED) is 0.395. The number of hydrogen-bond donors (Lipinski definition) is 4. The number of anilines is 1. The van der Waals surface area contributed by atoms with Crippen molar-refractivity contribution in [2.45, 2.75) is 6.54 Å². The molecule has 0 atom stereocenters. The van der Waals surface area contributed by atoms with Gasteiger partial charge in [0.15, 0.2) is 11.6 Å². The molecule has 0 radical (unpaired) electrons. The maximum Gasteiger partial charge on any atom is 0.269 e. The zero-order valence-corrected chi connectivity index (χ0v) is 17.3. The zero-order chi connectivity index (χ0) is 22.0. The molecular formula is C19H14Cl3FN4O3. The van der Waals surface area contributed by atoms with Gasteiger partial charge >= 0.3 is 0 Å². The van der Waals surface area contributed by atoms with Crippen molar-refractivity contribution in [2.75, 3.05) is 5.73 Å². The molecule has 3 aromatic rings. The first-order valence-electron chi connectivity index (χ1n) is 8.33. The topological polar surface area (TPSA) is 123 Å². The van der Waals surface area contributed by atoms with E-state index in [1.165, 1.54) is 36.4 Å². The molecule has 1 heterocycles. The van der Waals surface area contributed by atoms with Gasteiger partial charge in [-0.1, -0.05) is 40.9 Å². The normalized spacial score (nSPS) is 10.7. The van der Waals surface area contributed by atoms with Gasteiger partial charge in [-0.2, -0.15) is 0 Å². The predicted molar refractivity (Wildman–Crippen MR) is 113 cm³/mol. The third-order valence-electron chi connectivity index (χ3n) is 3.94. The molecule has 0 spiro atoms. The summed E-state index contributed by atoms with van der Waals surface area (Å²) in [4.78, 5) is 26.0. The maximum absolute atomic E-state index is 14.9. The van der Waals surface area contributed by atoms with Crippen LogP contribution in [0, 0.1) is 5.82 Å². The van der Waals surface area contributed by atoms with Gasteiger partial charge in [-0.05, 0) is 24.3 Å². The third-order valence-corrected chi connectivity index (χ3v) is 4.76. The molecule has 1 aromatic heterocycles. The van der Waals surface area contributed by atoms with Crippen LogP contribution in [0.2, 0.25) is 15.1 Å². The Balaban J connectivity index is 1.79. The molecule has 0 aliphatic carbocycles. The predicted octanol–water partition coefficient (Wildman–Crippen LogP) is 4.52. The highest BCUT2D eigenvalue weighted by atomic mass is 35.5. The molecule has 0 saturated carbocycles. The molecule has 156 valence electrons. The summed E-state index contributed by atoms with van der Waals surface area (Å²) < 4.78 is 20.5. The second kappa shape index (κ2) is 8.83. The van der Waals surface area contributed by atoms with E-state index in [0.29, 0.717) is 10.7 Å². The molecule has 2 amide bonds. The molecule has 7 nitrogen and oxygen atoms in total. The van der Waals surface area contributed by atoms with Crippen LogP contribution in [0.25, 0.3) is 0 Å². The smallest absolute Gasteiger partial charge is 0.269 e. The van der Waals surface area contributed by atoms with E-state index < -0.39 is 17.6 Å². The lowest BCUT2D eigenvalue weighted by Crippen LogP contribution is -2.24. The first kappa shape index (κ1) is 21.8. The summed E-state index contributed by atoms with van der Waals surface area (Å²) in [5, 5.41) is 2.81. The summed E-state index contributed by atoms with van der Waals surface area (Å²) >= 11 is 17.9. The number of nitrogens with two attached hydrogens (primary N) is 2.